The Hall–Kier alpha value is -2.19. The van der Waals surface area contributed by atoms with E-state index in [1.165, 1.54) is 9.80 Å². The third-order valence-electron chi connectivity index (χ3n) is 5.65. The van der Waals surface area contributed by atoms with Gasteiger partial charge in [0.1, 0.15) is 26.2 Å². The first kappa shape index (κ1) is 21.5. The third kappa shape index (κ3) is 6.68. The van der Waals surface area contributed by atoms with Gasteiger partial charge in [0.2, 0.25) is 0 Å². The molecule has 1 aromatic heterocycles. The predicted molar refractivity (Wildman–Crippen MR) is 111 cm³/mol. The number of aromatic nitrogens is 1. The number of anilines is 1. The number of pyridine rings is 1. The molecule has 0 aliphatic carbocycles. The number of hydrogen-bond donors (Lipinski definition) is 3. The Morgan fingerprint density at radius 2 is 1.62 bits per heavy atom. The first-order valence-electron chi connectivity index (χ1n) is 10.8. The fraction of sp³-hybridized carbons (Fsp3) is 0.667. The van der Waals surface area contributed by atoms with E-state index in [4.69, 9.17) is 0 Å². The van der Waals surface area contributed by atoms with Crippen molar-refractivity contribution in [2.24, 2.45) is 0 Å². The highest BCUT2D eigenvalue weighted by molar-refractivity contribution is 5.78. The second-order valence-electron chi connectivity index (χ2n) is 9.27. The van der Waals surface area contributed by atoms with Crippen molar-refractivity contribution in [3.8, 4) is 0 Å². The van der Waals surface area contributed by atoms with Gasteiger partial charge in [-0.15, -0.1) is 0 Å². The first-order valence-corrected chi connectivity index (χ1v) is 10.8. The highest BCUT2D eigenvalue weighted by Gasteiger charge is 2.31. The lowest BCUT2D eigenvalue weighted by Gasteiger charge is -2.34. The average molecular weight is 406 g/mol. The number of aromatic amines is 1. The Balaban J connectivity index is 1.37. The fourth-order valence-corrected chi connectivity index (χ4v) is 4.09. The molecule has 0 spiro atoms. The van der Waals surface area contributed by atoms with Crippen LogP contribution in [0.25, 0.3) is 0 Å². The quantitative estimate of drug-likeness (QED) is 0.484. The molecule has 0 bridgehead atoms. The lowest BCUT2D eigenvalue weighted by atomic mass is 10.1. The molecule has 160 valence electrons. The number of H-pyrrole nitrogens is 1. The van der Waals surface area contributed by atoms with Crippen molar-refractivity contribution in [2.45, 2.75) is 26.3 Å². The van der Waals surface area contributed by atoms with Crippen molar-refractivity contribution in [1.82, 2.24) is 10.2 Å². The molecule has 0 aromatic carbocycles. The second kappa shape index (κ2) is 9.54. The molecule has 0 unspecified atom stereocenters. The summed E-state index contributed by atoms with van der Waals surface area (Å²) in [4.78, 5) is 35.1. The second-order valence-corrected chi connectivity index (χ2v) is 9.27. The number of carbonyl (C=O) groups excluding carboxylic acids is 2. The number of nitrogens with zero attached hydrogens (tertiary/aromatic N) is 2. The third-order valence-corrected chi connectivity index (χ3v) is 5.65. The minimum Gasteiger partial charge on any atom is -0.347 e. The molecule has 2 saturated heterocycles. The standard InChI is InChI=1S/C21H34N6O2/c1-21(2,3)23-19(28)16-24-10-14-27(15-11-24)20(29)17-25-8-12-26(13-9-25)18-6-4-5-7-22-18/h4-7H,8-17H2,1-3H3,(H,23,28)/p+3. The SMILES string of the molecule is CC(C)(C)NC(=O)C[NH+]1CCN(C(=O)C[NH+]2CCN(c3cccc[nH+]3)CC2)CC1. The van der Waals surface area contributed by atoms with Crippen LogP contribution < -0.4 is 25.0 Å². The van der Waals surface area contributed by atoms with Crippen molar-refractivity contribution in [2.75, 3.05) is 70.3 Å². The molecule has 8 nitrogen and oxygen atoms in total. The first-order chi connectivity index (χ1) is 13.8. The lowest BCUT2D eigenvalue weighted by molar-refractivity contribution is -0.898. The molecule has 3 heterocycles. The van der Waals surface area contributed by atoms with Crippen LogP contribution in [0.5, 0.6) is 0 Å². The number of piperazine rings is 2. The van der Waals surface area contributed by atoms with E-state index in [0.717, 1.165) is 58.2 Å². The fourth-order valence-electron chi connectivity index (χ4n) is 4.09. The average Bonchev–Trinajstić information content (AvgIpc) is 2.68. The van der Waals surface area contributed by atoms with Gasteiger partial charge in [0.05, 0.1) is 32.4 Å². The molecule has 29 heavy (non-hydrogen) atoms. The molecule has 0 saturated carbocycles. The molecule has 2 aliphatic heterocycles. The zero-order valence-corrected chi connectivity index (χ0v) is 18.1. The maximum atomic E-state index is 12.7. The normalized spacial score (nSPS) is 19.3. The van der Waals surface area contributed by atoms with Gasteiger partial charge < -0.3 is 20.0 Å². The predicted octanol–water partition coefficient (Wildman–Crippen LogP) is -3.15. The van der Waals surface area contributed by atoms with Crippen molar-refractivity contribution in [3.05, 3.63) is 24.4 Å². The Kier molecular flexibility index (Phi) is 7.08. The zero-order valence-electron chi connectivity index (χ0n) is 18.1. The Morgan fingerprint density at radius 3 is 2.21 bits per heavy atom. The van der Waals surface area contributed by atoms with Crippen molar-refractivity contribution >= 4 is 17.6 Å². The molecule has 1 aromatic rings. The van der Waals surface area contributed by atoms with Gasteiger partial charge in [0.15, 0.2) is 13.1 Å². The van der Waals surface area contributed by atoms with Crippen LogP contribution in [-0.4, -0.2) is 87.7 Å². The highest BCUT2D eigenvalue weighted by atomic mass is 16.2. The molecule has 4 N–H and O–H groups in total. The molecule has 2 amide bonds. The van der Waals surface area contributed by atoms with Gasteiger partial charge in [-0.05, 0) is 26.8 Å². The monoisotopic (exact) mass is 405 g/mol. The van der Waals surface area contributed by atoms with Gasteiger partial charge in [-0.2, -0.15) is 0 Å². The number of carbonyl (C=O) groups is 2. The van der Waals surface area contributed by atoms with Gasteiger partial charge in [-0.1, -0.05) is 6.07 Å². The van der Waals surface area contributed by atoms with Gasteiger partial charge in [-0.25, -0.2) is 4.98 Å². The van der Waals surface area contributed by atoms with Gasteiger partial charge in [0, 0.05) is 11.6 Å². The van der Waals surface area contributed by atoms with E-state index in [1.54, 1.807) is 0 Å². The summed E-state index contributed by atoms with van der Waals surface area (Å²) in [5.41, 5.74) is -0.195. The topological polar surface area (TPSA) is 75.7 Å². The van der Waals surface area contributed by atoms with Gasteiger partial charge in [-0.3, -0.25) is 14.5 Å². The Morgan fingerprint density at radius 1 is 1.00 bits per heavy atom. The molecule has 0 radical (unpaired) electrons. The summed E-state index contributed by atoms with van der Waals surface area (Å²) in [6.07, 6.45) is 1.95. The number of amides is 2. The molecular weight excluding hydrogens is 368 g/mol. The van der Waals surface area contributed by atoms with E-state index >= 15 is 0 Å². The van der Waals surface area contributed by atoms with Crippen molar-refractivity contribution in [1.29, 1.82) is 0 Å². The molecule has 8 heteroatoms. The maximum absolute atomic E-state index is 12.7. The van der Waals surface area contributed by atoms with E-state index in [0.29, 0.717) is 13.1 Å². The summed E-state index contributed by atoms with van der Waals surface area (Å²) in [5, 5.41) is 3.02. The van der Waals surface area contributed by atoms with Crippen LogP contribution in [-0.2, 0) is 9.59 Å². The van der Waals surface area contributed by atoms with Crippen LogP contribution in [0.3, 0.4) is 0 Å². The molecule has 3 rings (SSSR count). The van der Waals surface area contributed by atoms with Crippen LogP contribution in [0.15, 0.2) is 24.4 Å². The number of rotatable bonds is 5. The van der Waals surface area contributed by atoms with E-state index in [2.05, 4.69) is 21.3 Å². The summed E-state index contributed by atoms with van der Waals surface area (Å²) in [7, 11) is 0. The van der Waals surface area contributed by atoms with Gasteiger partial charge in [0.25, 0.3) is 17.6 Å². The lowest BCUT2D eigenvalue weighted by Crippen LogP contribution is -3.17. The van der Waals surface area contributed by atoms with Crippen molar-refractivity contribution < 1.29 is 24.4 Å². The van der Waals surface area contributed by atoms with Crippen LogP contribution in [0.4, 0.5) is 5.82 Å². The van der Waals surface area contributed by atoms with Crippen molar-refractivity contribution in [3.63, 3.8) is 0 Å². The molecule has 2 aliphatic rings. The van der Waals surface area contributed by atoms with Crippen LogP contribution in [0, 0.1) is 0 Å². The van der Waals surface area contributed by atoms with E-state index < -0.39 is 0 Å². The summed E-state index contributed by atoms with van der Waals surface area (Å²) < 4.78 is 0. The summed E-state index contributed by atoms with van der Waals surface area (Å²) in [6.45, 7) is 14.1. The van der Waals surface area contributed by atoms with Gasteiger partial charge >= 0.3 is 0 Å². The Bertz CT molecular complexity index is 674. The number of nitrogens with one attached hydrogen (secondary N) is 4. The van der Waals surface area contributed by atoms with E-state index in [-0.39, 0.29) is 17.4 Å². The summed E-state index contributed by atoms with van der Waals surface area (Å²) >= 11 is 0. The van der Waals surface area contributed by atoms with Crippen LogP contribution >= 0.6 is 0 Å². The molecular formula is C21H37N6O2+3. The molecule has 2 fully saturated rings. The van der Waals surface area contributed by atoms with Crippen LogP contribution in [0.1, 0.15) is 20.8 Å². The largest absolute Gasteiger partial charge is 0.347 e. The number of hydrogen-bond acceptors (Lipinski definition) is 3. The maximum Gasteiger partial charge on any atom is 0.278 e. The summed E-state index contributed by atoms with van der Waals surface area (Å²) in [6, 6.07) is 6.13. The highest BCUT2D eigenvalue weighted by Crippen LogP contribution is 2.04. The minimum absolute atomic E-state index is 0.0882. The van der Waals surface area contributed by atoms with Crippen LogP contribution in [0.2, 0.25) is 0 Å². The molecule has 0 atom stereocenters. The Labute approximate surface area is 173 Å². The van der Waals surface area contributed by atoms with E-state index in [9.17, 15) is 9.59 Å². The minimum atomic E-state index is -0.195. The smallest absolute Gasteiger partial charge is 0.278 e. The zero-order chi connectivity index (χ0) is 20.9. The number of quaternary nitrogens is 2. The van der Waals surface area contributed by atoms with E-state index in [1.807, 2.05) is 44.0 Å². The summed E-state index contributed by atoms with van der Waals surface area (Å²) in [5.74, 6) is 1.48.